The van der Waals surface area contributed by atoms with Gasteiger partial charge in [0.25, 0.3) is 5.56 Å². The molecule has 0 atom stereocenters. The van der Waals surface area contributed by atoms with Crippen LogP contribution in [0.1, 0.15) is 6.42 Å². The second-order valence-corrected chi connectivity index (χ2v) is 3.64. The van der Waals surface area contributed by atoms with Crippen molar-refractivity contribution in [2.75, 3.05) is 20.4 Å². The van der Waals surface area contributed by atoms with Crippen LogP contribution in [0.25, 0.3) is 10.9 Å². The van der Waals surface area contributed by atoms with E-state index in [-0.39, 0.29) is 12.2 Å². The van der Waals surface area contributed by atoms with Gasteiger partial charge in [-0.05, 0) is 6.07 Å². The average Bonchev–Trinajstić information content (AvgIpc) is 2.39. The average molecular weight is 252 g/mol. The van der Waals surface area contributed by atoms with Crippen LogP contribution in [0.2, 0.25) is 0 Å². The van der Waals surface area contributed by atoms with Crippen LogP contribution < -0.4 is 15.0 Å². The number of halogens is 1. The minimum Gasteiger partial charge on any atom is -0.493 e. The highest BCUT2D eigenvalue weighted by atomic mass is 19.1. The number of rotatable bonds is 5. The summed E-state index contributed by atoms with van der Waals surface area (Å²) in [4.78, 5) is 18.1. The standard InChI is InChI=1S/C12H13FN2O3/c1-17-10-6-9-8(12(16)15-7-14-9)5-11(10)18-4-2-3-13/h5-7H,2-4H2,1H3,(H,14,15,16). The fourth-order valence-electron chi connectivity index (χ4n) is 1.59. The topological polar surface area (TPSA) is 64.2 Å². The highest BCUT2D eigenvalue weighted by molar-refractivity contribution is 5.81. The Morgan fingerprint density at radius 1 is 1.39 bits per heavy atom. The first kappa shape index (κ1) is 12.3. The van der Waals surface area contributed by atoms with Gasteiger partial charge in [-0.3, -0.25) is 9.18 Å². The molecule has 6 heteroatoms. The SMILES string of the molecule is COc1cc2nc[nH]c(=O)c2cc1OCCCF. The van der Waals surface area contributed by atoms with E-state index >= 15 is 0 Å². The number of nitrogens with zero attached hydrogens (tertiary/aromatic N) is 1. The first-order chi connectivity index (χ1) is 8.76. The molecule has 0 aliphatic carbocycles. The molecule has 0 aliphatic rings. The number of ether oxygens (including phenoxy) is 2. The Morgan fingerprint density at radius 2 is 2.22 bits per heavy atom. The number of hydrogen-bond donors (Lipinski definition) is 1. The molecule has 5 nitrogen and oxygen atoms in total. The molecule has 0 aliphatic heterocycles. The highest BCUT2D eigenvalue weighted by Crippen LogP contribution is 2.30. The normalized spacial score (nSPS) is 10.6. The zero-order chi connectivity index (χ0) is 13.0. The molecule has 0 amide bonds. The van der Waals surface area contributed by atoms with Crippen LogP contribution in [0.15, 0.2) is 23.3 Å². The van der Waals surface area contributed by atoms with Crippen molar-refractivity contribution in [2.24, 2.45) is 0 Å². The smallest absolute Gasteiger partial charge is 0.258 e. The van der Waals surface area contributed by atoms with Gasteiger partial charge < -0.3 is 14.5 Å². The largest absolute Gasteiger partial charge is 0.493 e. The van der Waals surface area contributed by atoms with Gasteiger partial charge in [0.1, 0.15) is 0 Å². The summed E-state index contributed by atoms with van der Waals surface area (Å²) in [7, 11) is 1.50. The summed E-state index contributed by atoms with van der Waals surface area (Å²) in [6.07, 6.45) is 1.62. The lowest BCUT2D eigenvalue weighted by molar-refractivity contribution is 0.274. The van der Waals surface area contributed by atoms with E-state index in [1.807, 2.05) is 0 Å². The second-order valence-electron chi connectivity index (χ2n) is 3.64. The minimum absolute atomic E-state index is 0.233. The summed E-state index contributed by atoms with van der Waals surface area (Å²) >= 11 is 0. The number of aromatic nitrogens is 2. The van der Waals surface area contributed by atoms with Gasteiger partial charge in [-0.2, -0.15) is 0 Å². The fraction of sp³-hybridized carbons (Fsp3) is 0.333. The quantitative estimate of drug-likeness (QED) is 0.822. The van der Waals surface area contributed by atoms with Gasteiger partial charge in [0.05, 0.1) is 37.6 Å². The summed E-state index contributed by atoms with van der Waals surface area (Å²) in [6, 6.07) is 3.17. The maximum absolute atomic E-state index is 12.0. The molecule has 1 N–H and O–H groups in total. The van der Waals surface area contributed by atoms with E-state index in [9.17, 15) is 9.18 Å². The monoisotopic (exact) mass is 252 g/mol. The lowest BCUT2D eigenvalue weighted by atomic mass is 10.2. The maximum Gasteiger partial charge on any atom is 0.258 e. The number of benzene rings is 1. The minimum atomic E-state index is -0.446. The molecule has 96 valence electrons. The van der Waals surface area contributed by atoms with Crippen molar-refractivity contribution in [3.05, 3.63) is 28.8 Å². The number of H-pyrrole nitrogens is 1. The zero-order valence-corrected chi connectivity index (χ0v) is 9.90. The Morgan fingerprint density at radius 3 is 2.94 bits per heavy atom. The highest BCUT2D eigenvalue weighted by Gasteiger charge is 2.09. The van der Waals surface area contributed by atoms with E-state index in [2.05, 4.69) is 9.97 Å². The van der Waals surface area contributed by atoms with Gasteiger partial charge in [-0.1, -0.05) is 0 Å². The molecule has 1 heterocycles. The van der Waals surface area contributed by atoms with Crippen LogP contribution in [0.4, 0.5) is 4.39 Å². The van der Waals surface area contributed by atoms with Crippen molar-refractivity contribution in [1.82, 2.24) is 9.97 Å². The number of hydrogen-bond acceptors (Lipinski definition) is 4. The first-order valence-corrected chi connectivity index (χ1v) is 5.50. The molecule has 0 spiro atoms. The molecule has 2 aromatic rings. The van der Waals surface area contributed by atoms with Gasteiger partial charge in [0, 0.05) is 12.5 Å². The van der Waals surface area contributed by atoms with Crippen molar-refractivity contribution < 1.29 is 13.9 Å². The molecule has 0 saturated heterocycles. The Hall–Kier alpha value is -2.11. The molecule has 2 rings (SSSR count). The predicted octanol–water partition coefficient (Wildman–Crippen LogP) is 1.67. The van der Waals surface area contributed by atoms with E-state index in [4.69, 9.17) is 9.47 Å². The third-order valence-electron chi connectivity index (χ3n) is 2.46. The Labute approximate surface area is 103 Å². The lowest BCUT2D eigenvalue weighted by Crippen LogP contribution is -2.07. The maximum atomic E-state index is 12.0. The van der Waals surface area contributed by atoms with E-state index in [0.29, 0.717) is 28.8 Å². The summed E-state index contributed by atoms with van der Waals surface area (Å²) in [6.45, 7) is -0.214. The number of fused-ring (bicyclic) bond motifs is 1. The number of aromatic amines is 1. The van der Waals surface area contributed by atoms with E-state index < -0.39 is 6.67 Å². The summed E-state index contributed by atoms with van der Waals surface area (Å²) in [5.74, 6) is 0.886. The molecule has 1 aromatic heterocycles. The summed E-state index contributed by atoms with van der Waals surface area (Å²) in [5, 5.41) is 0.411. The van der Waals surface area contributed by atoms with Gasteiger partial charge in [0.2, 0.25) is 0 Å². The van der Waals surface area contributed by atoms with Gasteiger partial charge in [-0.25, -0.2) is 4.98 Å². The molecule has 0 saturated carbocycles. The van der Waals surface area contributed by atoms with Gasteiger partial charge >= 0.3 is 0 Å². The van der Waals surface area contributed by atoms with Crippen molar-refractivity contribution in [1.29, 1.82) is 0 Å². The molecule has 0 unspecified atom stereocenters. The van der Waals surface area contributed by atoms with Crippen molar-refractivity contribution in [3.8, 4) is 11.5 Å². The van der Waals surface area contributed by atoms with Gasteiger partial charge in [-0.15, -0.1) is 0 Å². The molecular formula is C12H13FN2O3. The lowest BCUT2D eigenvalue weighted by Gasteiger charge is -2.10. The predicted molar refractivity (Wildman–Crippen MR) is 65.0 cm³/mol. The molecule has 0 fully saturated rings. The molecule has 1 aromatic carbocycles. The zero-order valence-electron chi connectivity index (χ0n) is 9.90. The third kappa shape index (κ3) is 2.42. The fourth-order valence-corrected chi connectivity index (χ4v) is 1.59. The summed E-state index contributed by atoms with van der Waals surface area (Å²) < 4.78 is 22.6. The first-order valence-electron chi connectivity index (χ1n) is 5.50. The Kier molecular flexibility index (Phi) is 3.76. The van der Waals surface area contributed by atoms with Crippen molar-refractivity contribution in [2.45, 2.75) is 6.42 Å². The van der Waals surface area contributed by atoms with E-state index in [1.54, 1.807) is 12.1 Å². The number of nitrogens with one attached hydrogen (secondary N) is 1. The van der Waals surface area contributed by atoms with Crippen molar-refractivity contribution in [3.63, 3.8) is 0 Å². The van der Waals surface area contributed by atoms with E-state index in [0.717, 1.165) is 0 Å². The Bertz CT molecular complexity index is 597. The van der Waals surface area contributed by atoms with Crippen LogP contribution in [-0.2, 0) is 0 Å². The van der Waals surface area contributed by atoms with Crippen molar-refractivity contribution >= 4 is 10.9 Å². The molecule has 0 radical (unpaired) electrons. The van der Waals surface area contributed by atoms with Gasteiger partial charge in [0.15, 0.2) is 11.5 Å². The summed E-state index contributed by atoms with van der Waals surface area (Å²) in [5.41, 5.74) is 0.270. The van der Waals surface area contributed by atoms with Crippen LogP contribution in [0.5, 0.6) is 11.5 Å². The molecular weight excluding hydrogens is 239 g/mol. The second kappa shape index (κ2) is 5.48. The number of methoxy groups -OCH3 is 1. The van der Waals surface area contributed by atoms with E-state index in [1.165, 1.54) is 13.4 Å². The van der Waals surface area contributed by atoms with Crippen LogP contribution in [0.3, 0.4) is 0 Å². The molecule has 18 heavy (non-hydrogen) atoms. The van der Waals surface area contributed by atoms with Crippen LogP contribution in [0, 0.1) is 0 Å². The molecule has 0 bridgehead atoms. The van der Waals surface area contributed by atoms with Crippen LogP contribution in [-0.4, -0.2) is 30.4 Å². The number of alkyl halides is 1. The third-order valence-corrected chi connectivity index (χ3v) is 2.46. The Balaban J connectivity index is 2.43. The van der Waals surface area contributed by atoms with Crippen LogP contribution >= 0.6 is 0 Å².